The summed E-state index contributed by atoms with van der Waals surface area (Å²) in [4.78, 5) is 6.36. The van der Waals surface area contributed by atoms with Gasteiger partial charge in [0.05, 0.1) is 0 Å². The maximum Gasteiger partial charge on any atom is 0.217 e. The van der Waals surface area contributed by atoms with Crippen molar-refractivity contribution in [2.24, 2.45) is 0 Å². The van der Waals surface area contributed by atoms with Crippen LogP contribution in [0.2, 0.25) is 0 Å². The van der Waals surface area contributed by atoms with E-state index >= 15 is 0 Å². The van der Waals surface area contributed by atoms with Crippen molar-refractivity contribution in [1.82, 2.24) is 15.2 Å². The Labute approximate surface area is 104 Å². The summed E-state index contributed by atoms with van der Waals surface area (Å²) >= 11 is 0. The van der Waals surface area contributed by atoms with E-state index in [4.69, 9.17) is 4.74 Å². The maximum atomic E-state index is 5.69. The average Bonchev–Trinajstić information content (AvgIpc) is 2.27. The molecule has 0 saturated carbocycles. The van der Waals surface area contributed by atoms with Crippen molar-refractivity contribution in [3.8, 4) is 5.88 Å². The number of ether oxygens (including phenoxy) is 1. The van der Waals surface area contributed by atoms with E-state index in [0.717, 1.165) is 24.5 Å². The fourth-order valence-electron chi connectivity index (χ4n) is 1.33. The van der Waals surface area contributed by atoms with Crippen LogP contribution >= 0.6 is 0 Å². The van der Waals surface area contributed by atoms with Crippen molar-refractivity contribution in [1.29, 1.82) is 0 Å². The summed E-state index contributed by atoms with van der Waals surface area (Å²) in [6.45, 7) is 6.61. The molecule has 0 bridgehead atoms. The minimum atomic E-state index is 0.463. The van der Waals surface area contributed by atoms with Crippen LogP contribution in [0.4, 0.5) is 0 Å². The molecule has 0 saturated heterocycles. The SMILES string of the molecule is CC(C)NCc1cccnc1OCCN(C)C. The number of nitrogens with one attached hydrogen (secondary N) is 1. The molecular formula is C13H23N3O. The molecule has 1 aromatic rings. The van der Waals surface area contributed by atoms with E-state index < -0.39 is 0 Å². The first kappa shape index (κ1) is 13.9. The molecule has 17 heavy (non-hydrogen) atoms. The van der Waals surface area contributed by atoms with Gasteiger partial charge in [0.15, 0.2) is 0 Å². The van der Waals surface area contributed by atoms with Gasteiger partial charge in [-0.1, -0.05) is 19.9 Å². The molecule has 96 valence electrons. The second-order valence-corrected chi connectivity index (χ2v) is 4.66. The Morgan fingerprint density at radius 2 is 2.18 bits per heavy atom. The standard InChI is InChI=1S/C13H23N3O/c1-11(2)15-10-12-6-5-7-14-13(12)17-9-8-16(3)4/h5-7,11,15H,8-10H2,1-4H3. The predicted molar refractivity (Wildman–Crippen MR) is 70.3 cm³/mol. The Balaban J connectivity index is 2.51. The van der Waals surface area contributed by atoms with Crippen molar-refractivity contribution in [2.45, 2.75) is 26.4 Å². The van der Waals surface area contributed by atoms with Crippen LogP contribution < -0.4 is 10.1 Å². The van der Waals surface area contributed by atoms with Crippen LogP contribution in [0.1, 0.15) is 19.4 Å². The minimum absolute atomic E-state index is 0.463. The molecule has 0 fully saturated rings. The van der Waals surface area contributed by atoms with Crippen molar-refractivity contribution in [3.63, 3.8) is 0 Å². The lowest BCUT2D eigenvalue weighted by Gasteiger charge is -2.14. The van der Waals surface area contributed by atoms with E-state index in [1.165, 1.54) is 0 Å². The summed E-state index contributed by atoms with van der Waals surface area (Å²) in [5, 5.41) is 3.37. The zero-order chi connectivity index (χ0) is 12.7. The van der Waals surface area contributed by atoms with Crippen LogP contribution in [0, 0.1) is 0 Å². The molecule has 0 unspecified atom stereocenters. The summed E-state index contributed by atoms with van der Waals surface area (Å²) in [5.74, 6) is 0.738. The van der Waals surface area contributed by atoms with Crippen LogP contribution in [0.5, 0.6) is 5.88 Å². The normalized spacial score (nSPS) is 11.2. The van der Waals surface area contributed by atoms with Gasteiger partial charge in [0, 0.05) is 30.9 Å². The van der Waals surface area contributed by atoms with Crippen LogP contribution in [0.25, 0.3) is 0 Å². The number of aromatic nitrogens is 1. The summed E-state index contributed by atoms with van der Waals surface area (Å²) in [6.07, 6.45) is 1.77. The van der Waals surface area contributed by atoms with Gasteiger partial charge in [-0.2, -0.15) is 0 Å². The third-order valence-corrected chi connectivity index (χ3v) is 2.33. The molecule has 0 atom stereocenters. The van der Waals surface area contributed by atoms with Crippen LogP contribution in [-0.4, -0.2) is 43.2 Å². The molecule has 0 aromatic carbocycles. The van der Waals surface area contributed by atoms with Crippen molar-refractivity contribution < 1.29 is 4.74 Å². The smallest absolute Gasteiger partial charge is 0.217 e. The van der Waals surface area contributed by atoms with Crippen molar-refractivity contribution in [3.05, 3.63) is 23.9 Å². The quantitative estimate of drug-likeness (QED) is 0.780. The van der Waals surface area contributed by atoms with E-state index in [1.807, 2.05) is 26.2 Å². The highest BCUT2D eigenvalue weighted by Gasteiger charge is 2.05. The molecular weight excluding hydrogens is 214 g/mol. The molecule has 1 rings (SSSR count). The minimum Gasteiger partial charge on any atom is -0.476 e. The van der Waals surface area contributed by atoms with E-state index in [0.29, 0.717) is 12.6 Å². The van der Waals surface area contributed by atoms with E-state index in [9.17, 15) is 0 Å². The van der Waals surface area contributed by atoms with Crippen molar-refractivity contribution >= 4 is 0 Å². The van der Waals surface area contributed by atoms with Crippen LogP contribution in [0.3, 0.4) is 0 Å². The highest BCUT2D eigenvalue weighted by atomic mass is 16.5. The van der Waals surface area contributed by atoms with Crippen LogP contribution in [-0.2, 0) is 6.54 Å². The van der Waals surface area contributed by atoms with Crippen molar-refractivity contribution in [2.75, 3.05) is 27.2 Å². The maximum absolute atomic E-state index is 5.69. The Morgan fingerprint density at radius 1 is 1.41 bits per heavy atom. The average molecular weight is 237 g/mol. The molecule has 0 aliphatic heterocycles. The second kappa shape index (κ2) is 7.25. The molecule has 4 nitrogen and oxygen atoms in total. The first-order valence-electron chi connectivity index (χ1n) is 6.04. The lowest BCUT2D eigenvalue weighted by Crippen LogP contribution is -2.23. The lowest BCUT2D eigenvalue weighted by molar-refractivity contribution is 0.251. The zero-order valence-electron chi connectivity index (χ0n) is 11.2. The Hall–Kier alpha value is -1.13. The zero-order valence-corrected chi connectivity index (χ0v) is 11.2. The number of rotatable bonds is 7. The first-order valence-corrected chi connectivity index (χ1v) is 6.04. The number of hydrogen-bond donors (Lipinski definition) is 1. The molecule has 0 radical (unpaired) electrons. The summed E-state index contributed by atoms with van der Waals surface area (Å²) in [7, 11) is 4.06. The lowest BCUT2D eigenvalue weighted by atomic mass is 10.2. The molecule has 4 heteroatoms. The molecule has 0 aliphatic rings. The summed E-state index contributed by atoms with van der Waals surface area (Å²) in [6, 6.07) is 4.45. The molecule has 1 heterocycles. The van der Waals surface area contributed by atoms with Gasteiger partial charge in [-0.15, -0.1) is 0 Å². The number of nitrogens with zero attached hydrogens (tertiary/aromatic N) is 2. The second-order valence-electron chi connectivity index (χ2n) is 4.66. The van der Waals surface area contributed by atoms with Gasteiger partial charge in [-0.25, -0.2) is 4.98 Å². The number of pyridine rings is 1. The fourth-order valence-corrected chi connectivity index (χ4v) is 1.33. The topological polar surface area (TPSA) is 37.4 Å². The first-order chi connectivity index (χ1) is 8.09. The molecule has 1 N–H and O–H groups in total. The van der Waals surface area contributed by atoms with Crippen LogP contribution in [0.15, 0.2) is 18.3 Å². The number of likely N-dealkylation sites (N-methyl/N-ethyl adjacent to an activating group) is 1. The highest BCUT2D eigenvalue weighted by molar-refractivity contribution is 5.25. The van der Waals surface area contributed by atoms with Gasteiger partial charge in [-0.05, 0) is 20.2 Å². The molecule has 1 aromatic heterocycles. The van der Waals surface area contributed by atoms with Gasteiger partial charge in [-0.3, -0.25) is 0 Å². The third kappa shape index (κ3) is 5.65. The van der Waals surface area contributed by atoms with E-state index in [1.54, 1.807) is 6.20 Å². The molecule has 0 spiro atoms. The van der Waals surface area contributed by atoms with Gasteiger partial charge < -0.3 is 15.0 Å². The predicted octanol–water partition coefficient (Wildman–Crippen LogP) is 1.52. The molecule has 0 aliphatic carbocycles. The fraction of sp³-hybridized carbons (Fsp3) is 0.615. The summed E-state index contributed by atoms with van der Waals surface area (Å²) < 4.78 is 5.69. The number of hydrogen-bond acceptors (Lipinski definition) is 4. The third-order valence-electron chi connectivity index (χ3n) is 2.33. The van der Waals surface area contributed by atoms with E-state index in [-0.39, 0.29) is 0 Å². The largest absolute Gasteiger partial charge is 0.476 e. The van der Waals surface area contributed by atoms with Gasteiger partial charge in [0.25, 0.3) is 0 Å². The Kier molecular flexibility index (Phi) is 5.94. The highest BCUT2D eigenvalue weighted by Crippen LogP contribution is 2.13. The van der Waals surface area contributed by atoms with Gasteiger partial charge in [0.1, 0.15) is 6.61 Å². The Morgan fingerprint density at radius 3 is 2.82 bits per heavy atom. The molecule has 0 amide bonds. The monoisotopic (exact) mass is 237 g/mol. The van der Waals surface area contributed by atoms with Gasteiger partial charge >= 0.3 is 0 Å². The summed E-state index contributed by atoms with van der Waals surface area (Å²) in [5.41, 5.74) is 1.11. The Bertz CT molecular complexity index is 326. The van der Waals surface area contributed by atoms with E-state index in [2.05, 4.69) is 29.0 Å². The van der Waals surface area contributed by atoms with Gasteiger partial charge in [0.2, 0.25) is 5.88 Å².